The topological polar surface area (TPSA) is 87.9 Å². The van der Waals surface area contributed by atoms with Gasteiger partial charge in [-0.3, -0.25) is 14.4 Å². The number of methoxy groups -OCH3 is 1. The van der Waals surface area contributed by atoms with Crippen LogP contribution < -0.4 is 14.5 Å². The van der Waals surface area contributed by atoms with E-state index in [1.165, 1.54) is 11.8 Å². The van der Waals surface area contributed by atoms with Crippen LogP contribution >= 0.6 is 0 Å². The highest BCUT2D eigenvalue weighted by atomic mass is 16.5. The maximum Gasteiger partial charge on any atom is 0.412 e. The summed E-state index contributed by atoms with van der Waals surface area (Å²) in [4.78, 5) is 28.6. The second-order valence-corrected chi connectivity index (χ2v) is 9.12. The van der Waals surface area contributed by atoms with Crippen LogP contribution in [-0.4, -0.2) is 40.0 Å². The zero-order valence-corrected chi connectivity index (χ0v) is 19.7. The van der Waals surface area contributed by atoms with Crippen molar-refractivity contribution >= 4 is 23.4 Å². The van der Waals surface area contributed by atoms with Gasteiger partial charge in [-0.05, 0) is 50.5 Å². The summed E-state index contributed by atoms with van der Waals surface area (Å²) in [5.74, 6) is 0.437. The molecule has 2 amide bonds. The molecule has 1 N–H and O–H groups in total. The van der Waals surface area contributed by atoms with Gasteiger partial charge in [0.1, 0.15) is 5.75 Å². The molecule has 8 nitrogen and oxygen atoms in total. The van der Waals surface area contributed by atoms with Crippen LogP contribution in [0.5, 0.6) is 5.75 Å². The average molecular weight is 461 g/mol. The third kappa shape index (κ3) is 3.59. The fourth-order valence-electron chi connectivity index (χ4n) is 5.01. The fraction of sp³-hybridized carbons (Fsp3) is 0.346. The molecule has 176 valence electrons. The van der Waals surface area contributed by atoms with Gasteiger partial charge >= 0.3 is 6.09 Å². The van der Waals surface area contributed by atoms with Crippen LogP contribution in [0.3, 0.4) is 0 Å². The van der Waals surface area contributed by atoms with E-state index in [0.29, 0.717) is 23.2 Å². The van der Waals surface area contributed by atoms with Gasteiger partial charge in [-0.2, -0.15) is 5.10 Å². The number of rotatable bonds is 4. The lowest BCUT2D eigenvalue weighted by Crippen LogP contribution is -2.53. The summed E-state index contributed by atoms with van der Waals surface area (Å²) in [6.07, 6.45) is 4.98. The molecule has 34 heavy (non-hydrogen) atoms. The average Bonchev–Trinajstić information content (AvgIpc) is 3.54. The number of carbonyl (C=O) groups is 2. The number of carbonyl (C=O) groups excluding carboxylic acids is 1. The molecule has 0 spiro atoms. The second kappa shape index (κ2) is 8.20. The maximum absolute atomic E-state index is 12.8. The van der Waals surface area contributed by atoms with E-state index >= 15 is 0 Å². The first-order valence-electron chi connectivity index (χ1n) is 11.4. The first kappa shape index (κ1) is 22.0. The lowest BCUT2D eigenvalue weighted by Gasteiger charge is -2.46. The Morgan fingerprint density at radius 2 is 1.82 bits per heavy atom. The van der Waals surface area contributed by atoms with E-state index in [9.17, 15) is 14.7 Å². The van der Waals surface area contributed by atoms with Gasteiger partial charge < -0.3 is 14.7 Å². The van der Waals surface area contributed by atoms with E-state index in [1.54, 1.807) is 18.2 Å². The molecule has 0 saturated heterocycles. The smallest absolute Gasteiger partial charge is 0.412 e. The number of hydrogen-bond acceptors (Lipinski definition) is 4. The van der Waals surface area contributed by atoms with Crippen molar-refractivity contribution in [1.29, 1.82) is 0 Å². The first-order chi connectivity index (χ1) is 16.3. The van der Waals surface area contributed by atoms with Gasteiger partial charge in [0.05, 0.1) is 42.8 Å². The van der Waals surface area contributed by atoms with Crippen LogP contribution in [-0.2, 0) is 4.79 Å². The number of carboxylic acid groups (broad SMARTS) is 1. The molecular formula is C26H28N4O4. The Morgan fingerprint density at radius 1 is 1.06 bits per heavy atom. The summed E-state index contributed by atoms with van der Waals surface area (Å²) >= 11 is 0. The highest BCUT2D eigenvalue weighted by Crippen LogP contribution is 2.48. The zero-order valence-electron chi connectivity index (χ0n) is 19.7. The molecule has 3 aromatic rings. The van der Waals surface area contributed by atoms with E-state index in [1.807, 2.05) is 61.1 Å². The fourth-order valence-corrected chi connectivity index (χ4v) is 5.01. The SMILES string of the molecule is COc1ccc(C)cc1C1[C@H](C)N(C(C)=O)c2ccc(-c3cnn(C4CC4)c3)cc2N1C(=O)O. The summed E-state index contributed by atoms with van der Waals surface area (Å²) in [6, 6.07) is 10.7. The molecular weight excluding hydrogens is 432 g/mol. The Bertz CT molecular complexity index is 1280. The van der Waals surface area contributed by atoms with Crippen molar-refractivity contribution in [2.45, 2.75) is 51.7 Å². The Morgan fingerprint density at radius 3 is 2.47 bits per heavy atom. The summed E-state index contributed by atoms with van der Waals surface area (Å²) in [5.41, 5.74) is 4.51. The molecule has 1 aromatic heterocycles. The highest BCUT2D eigenvalue weighted by molar-refractivity contribution is 6.03. The molecule has 1 unspecified atom stereocenters. The van der Waals surface area contributed by atoms with Crippen LogP contribution in [0.25, 0.3) is 11.1 Å². The van der Waals surface area contributed by atoms with Crippen LogP contribution in [0, 0.1) is 6.92 Å². The van der Waals surface area contributed by atoms with Gasteiger partial charge in [0.15, 0.2) is 0 Å². The molecule has 2 aromatic carbocycles. The van der Waals surface area contributed by atoms with Crippen LogP contribution in [0.15, 0.2) is 48.8 Å². The predicted molar refractivity (Wildman–Crippen MR) is 130 cm³/mol. The minimum atomic E-state index is -1.09. The Labute approximate surface area is 198 Å². The minimum absolute atomic E-state index is 0.148. The Hall–Kier alpha value is -3.81. The predicted octanol–water partition coefficient (Wildman–Crippen LogP) is 5.18. The van der Waals surface area contributed by atoms with E-state index in [-0.39, 0.29) is 5.91 Å². The molecule has 1 aliphatic heterocycles. The quantitative estimate of drug-likeness (QED) is 0.579. The van der Waals surface area contributed by atoms with Crippen molar-refractivity contribution in [2.75, 3.05) is 16.9 Å². The first-order valence-corrected chi connectivity index (χ1v) is 11.4. The van der Waals surface area contributed by atoms with Gasteiger partial charge in [0.25, 0.3) is 0 Å². The molecule has 1 aliphatic carbocycles. The lowest BCUT2D eigenvalue weighted by molar-refractivity contribution is -0.117. The third-order valence-corrected chi connectivity index (χ3v) is 6.74. The molecule has 2 aliphatic rings. The standard InChI is InChI=1S/C26H28N4O4/c1-15-5-10-24(34-4)21(11-15)25-16(2)29(17(3)31)22-9-6-18(12-23(22)30(25)26(32)33)19-13-27-28(14-19)20-7-8-20/h5-6,9-14,16,20,25H,7-8H2,1-4H3,(H,32,33)/t16-,25?/m0/s1. The number of fused-ring (bicyclic) bond motifs is 1. The molecule has 8 heteroatoms. The van der Waals surface area contributed by atoms with E-state index in [4.69, 9.17) is 4.74 Å². The normalized spacial score (nSPS) is 19.6. The monoisotopic (exact) mass is 460 g/mol. The number of benzene rings is 2. The van der Waals surface area contributed by atoms with Crippen LogP contribution in [0.4, 0.5) is 16.2 Å². The molecule has 2 heterocycles. The molecule has 0 bridgehead atoms. The second-order valence-electron chi connectivity index (χ2n) is 9.12. The number of amides is 2. The van der Waals surface area contributed by atoms with Crippen molar-refractivity contribution in [1.82, 2.24) is 9.78 Å². The van der Waals surface area contributed by atoms with E-state index in [2.05, 4.69) is 5.10 Å². The van der Waals surface area contributed by atoms with Gasteiger partial charge in [-0.25, -0.2) is 4.79 Å². The van der Waals surface area contributed by atoms with Crippen molar-refractivity contribution in [3.63, 3.8) is 0 Å². The molecule has 2 atom stereocenters. The van der Waals surface area contributed by atoms with Gasteiger partial charge in [0.2, 0.25) is 5.91 Å². The number of aryl methyl sites for hydroxylation is 1. The number of aromatic nitrogens is 2. The largest absolute Gasteiger partial charge is 0.496 e. The molecule has 1 saturated carbocycles. The third-order valence-electron chi connectivity index (χ3n) is 6.74. The van der Waals surface area contributed by atoms with Crippen molar-refractivity contribution in [2.24, 2.45) is 0 Å². The summed E-state index contributed by atoms with van der Waals surface area (Å²) in [5, 5.41) is 14.9. The van der Waals surface area contributed by atoms with Crippen molar-refractivity contribution in [3.05, 3.63) is 59.9 Å². The summed E-state index contributed by atoms with van der Waals surface area (Å²) < 4.78 is 7.57. The number of hydrogen-bond donors (Lipinski definition) is 1. The van der Waals surface area contributed by atoms with Gasteiger partial charge in [-0.1, -0.05) is 23.8 Å². The minimum Gasteiger partial charge on any atom is -0.496 e. The highest BCUT2D eigenvalue weighted by Gasteiger charge is 2.43. The zero-order chi connectivity index (χ0) is 24.1. The molecule has 0 radical (unpaired) electrons. The van der Waals surface area contributed by atoms with Crippen LogP contribution in [0.2, 0.25) is 0 Å². The summed E-state index contributed by atoms with van der Waals surface area (Å²) in [6.45, 7) is 5.34. The van der Waals surface area contributed by atoms with E-state index < -0.39 is 18.2 Å². The number of nitrogens with zero attached hydrogens (tertiary/aromatic N) is 4. The van der Waals surface area contributed by atoms with Gasteiger partial charge in [0, 0.05) is 24.2 Å². The van der Waals surface area contributed by atoms with Crippen molar-refractivity contribution < 1.29 is 19.4 Å². The number of anilines is 2. The Balaban J connectivity index is 1.69. The van der Waals surface area contributed by atoms with E-state index in [0.717, 1.165) is 35.1 Å². The van der Waals surface area contributed by atoms with Crippen molar-refractivity contribution in [3.8, 4) is 16.9 Å². The lowest BCUT2D eigenvalue weighted by atomic mass is 9.90. The number of ether oxygens (including phenoxy) is 1. The molecule has 5 rings (SSSR count). The Kier molecular flexibility index (Phi) is 5.31. The summed E-state index contributed by atoms with van der Waals surface area (Å²) in [7, 11) is 1.57. The molecule has 1 fully saturated rings. The van der Waals surface area contributed by atoms with Gasteiger partial charge in [-0.15, -0.1) is 0 Å². The van der Waals surface area contributed by atoms with Crippen LogP contribution in [0.1, 0.15) is 49.9 Å². The maximum atomic E-state index is 12.8.